The normalized spacial score (nSPS) is 13.1. The Morgan fingerprint density at radius 2 is 2.43 bits per heavy atom. The fourth-order valence-electron chi connectivity index (χ4n) is 1.32. The molecule has 14 heavy (non-hydrogen) atoms. The van der Waals surface area contributed by atoms with Crippen molar-refractivity contribution in [2.75, 3.05) is 13.2 Å². The Balaban J connectivity index is 2.19. The standard InChI is InChI=1S/C10H19N3O/c1-9(3-4-14)5-11-6-10-7-12-8-13(10)2/h7-9,11,14H,3-6H2,1-2H3. The molecule has 0 aromatic carbocycles. The van der Waals surface area contributed by atoms with Crippen molar-refractivity contribution in [3.8, 4) is 0 Å². The van der Waals surface area contributed by atoms with E-state index in [-0.39, 0.29) is 6.61 Å². The average molecular weight is 197 g/mol. The van der Waals surface area contributed by atoms with Crippen molar-refractivity contribution in [2.24, 2.45) is 13.0 Å². The van der Waals surface area contributed by atoms with Crippen molar-refractivity contribution in [2.45, 2.75) is 19.9 Å². The first-order chi connectivity index (χ1) is 6.74. The quantitative estimate of drug-likeness (QED) is 0.699. The van der Waals surface area contributed by atoms with E-state index in [9.17, 15) is 0 Å². The monoisotopic (exact) mass is 197 g/mol. The average Bonchev–Trinajstić information content (AvgIpc) is 2.52. The van der Waals surface area contributed by atoms with E-state index in [4.69, 9.17) is 5.11 Å². The number of imidazole rings is 1. The molecular weight excluding hydrogens is 178 g/mol. The summed E-state index contributed by atoms with van der Waals surface area (Å²) in [6.45, 7) is 4.18. The van der Waals surface area contributed by atoms with Gasteiger partial charge in [0.25, 0.3) is 0 Å². The van der Waals surface area contributed by atoms with Gasteiger partial charge in [-0.25, -0.2) is 4.98 Å². The van der Waals surface area contributed by atoms with Crippen LogP contribution < -0.4 is 5.32 Å². The van der Waals surface area contributed by atoms with Crippen LogP contribution in [0.4, 0.5) is 0 Å². The number of rotatable bonds is 6. The lowest BCUT2D eigenvalue weighted by Crippen LogP contribution is -2.22. The summed E-state index contributed by atoms with van der Waals surface area (Å²) in [6.07, 6.45) is 4.52. The Bertz CT molecular complexity index is 260. The van der Waals surface area contributed by atoms with E-state index < -0.39 is 0 Å². The van der Waals surface area contributed by atoms with Gasteiger partial charge < -0.3 is 15.0 Å². The van der Waals surface area contributed by atoms with Gasteiger partial charge in [0, 0.05) is 26.4 Å². The zero-order valence-corrected chi connectivity index (χ0v) is 8.90. The van der Waals surface area contributed by atoms with Crippen molar-refractivity contribution in [1.82, 2.24) is 14.9 Å². The Kier molecular flexibility index (Phi) is 4.62. The minimum Gasteiger partial charge on any atom is -0.396 e. The van der Waals surface area contributed by atoms with Crippen molar-refractivity contribution in [1.29, 1.82) is 0 Å². The Morgan fingerprint density at radius 1 is 1.64 bits per heavy atom. The lowest BCUT2D eigenvalue weighted by Gasteiger charge is -2.10. The molecule has 0 fully saturated rings. The molecule has 1 aromatic rings. The summed E-state index contributed by atoms with van der Waals surface area (Å²) in [4.78, 5) is 4.04. The molecule has 0 spiro atoms. The molecule has 1 rings (SSSR count). The predicted molar refractivity (Wildman–Crippen MR) is 55.8 cm³/mol. The first-order valence-electron chi connectivity index (χ1n) is 5.00. The van der Waals surface area contributed by atoms with Gasteiger partial charge in [-0.15, -0.1) is 0 Å². The zero-order valence-electron chi connectivity index (χ0n) is 8.90. The van der Waals surface area contributed by atoms with Crippen LogP contribution in [0.1, 0.15) is 19.0 Å². The molecule has 0 amide bonds. The summed E-state index contributed by atoms with van der Waals surface area (Å²) in [5.41, 5.74) is 1.18. The van der Waals surface area contributed by atoms with Crippen LogP contribution in [0.25, 0.3) is 0 Å². The van der Waals surface area contributed by atoms with Crippen LogP contribution in [-0.2, 0) is 13.6 Å². The maximum atomic E-state index is 8.72. The third-order valence-electron chi connectivity index (χ3n) is 2.34. The highest BCUT2D eigenvalue weighted by atomic mass is 16.3. The third-order valence-corrected chi connectivity index (χ3v) is 2.34. The van der Waals surface area contributed by atoms with Gasteiger partial charge in [-0.1, -0.05) is 6.92 Å². The highest BCUT2D eigenvalue weighted by molar-refractivity contribution is 4.96. The first-order valence-corrected chi connectivity index (χ1v) is 5.00. The summed E-state index contributed by atoms with van der Waals surface area (Å²) in [5.74, 6) is 0.522. The van der Waals surface area contributed by atoms with Crippen molar-refractivity contribution in [3.63, 3.8) is 0 Å². The van der Waals surface area contributed by atoms with E-state index in [1.54, 1.807) is 6.33 Å². The molecule has 1 aromatic heterocycles. The fourth-order valence-corrected chi connectivity index (χ4v) is 1.32. The summed E-state index contributed by atoms with van der Waals surface area (Å²) in [6, 6.07) is 0. The first kappa shape index (κ1) is 11.2. The predicted octanol–water partition coefficient (Wildman–Crippen LogP) is 0.528. The molecule has 0 saturated heterocycles. The minimum absolute atomic E-state index is 0.272. The Labute approximate surface area is 85.0 Å². The van der Waals surface area contributed by atoms with Gasteiger partial charge in [0.2, 0.25) is 0 Å². The molecule has 2 N–H and O–H groups in total. The summed E-state index contributed by atoms with van der Waals surface area (Å²) in [5, 5.41) is 12.1. The Morgan fingerprint density at radius 3 is 3.00 bits per heavy atom. The van der Waals surface area contributed by atoms with Gasteiger partial charge in [0.15, 0.2) is 0 Å². The van der Waals surface area contributed by atoms with E-state index >= 15 is 0 Å². The van der Waals surface area contributed by atoms with Crippen molar-refractivity contribution < 1.29 is 5.11 Å². The van der Waals surface area contributed by atoms with Gasteiger partial charge in [0.1, 0.15) is 0 Å². The number of aromatic nitrogens is 2. The second kappa shape index (κ2) is 5.78. The number of aliphatic hydroxyl groups is 1. The van der Waals surface area contributed by atoms with E-state index in [1.165, 1.54) is 5.69 Å². The van der Waals surface area contributed by atoms with Crippen LogP contribution >= 0.6 is 0 Å². The smallest absolute Gasteiger partial charge is 0.0945 e. The van der Waals surface area contributed by atoms with E-state index in [0.29, 0.717) is 5.92 Å². The summed E-state index contributed by atoms with van der Waals surface area (Å²) < 4.78 is 2.00. The summed E-state index contributed by atoms with van der Waals surface area (Å²) >= 11 is 0. The molecule has 1 atom stereocenters. The van der Waals surface area contributed by atoms with Crippen LogP contribution in [0.5, 0.6) is 0 Å². The molecule has 0 saturated carbocycles. The molecule has 0 bridgehead atoms. The molecule has 1 unspecified atom stereocenters. The molecule has 0 aliphatic carbocycles. The lowest BCUT2D eigenvalue weighted by molar-refractivity contribution is 0.260. The molecule has 0 aliphatic heterocycles. The van der Waals surface area contributed by atoms with Gasteiger partial charge in [0.05, 0.1) is 12.0 Å². The van der Waals surface area contributed by atoms with Crippen molar-refractivity contribution >= 4 is 0 Å². The number of hydrogen-bond donors (Lipinski definition) is 2. The molecule has 1 heterocycles. The molecule has 80 valence electrons. The number of hydrogen-bond acceptors (Lipinski definition) is 3. The SMILES string of the molecule is CC(CCO)CNCc1cncn1C. The molecule has 4 nitrogen and oxygen atoms in total. The van der Waals surface area contributed by atoms with Crippen LogP contribution in [0, 0.1) is 5.92 Å². The second-order valence-corrected chi connectivity index (χ2v) is 3.74. The van der Waals surface area contributed by atoms with Gasteiger partial charge in [-0.2, -0.15) is 0 Å². The molecule has 0 aliphatic rings. The Hall–Kier alpha value is -0.870. The zero-order chi connectivity index (χ0) is 10.4. The summed E-state index contributed by atoms with van der Waals surface area (Å²) in [7, 11) is 1.99. The highest BCUT2D eigenvalue weighted by Crippen LogP contribution is 2.00. The highest BCUT2D eigenvalue weighted by Gasteiger charge is 2.01. The van der Waals surface area contributed by atoms with Gasteiger partial charge >= 0.3 is 0 Å². The van der Waals surface area contributed by atoms with Crippen LogP contribution in [0.2, 0.25) is 0 Å². The van der Waals surface area contributed by atoms with Crippen LogP contribution in [0.15, 0.2) is 12.5 Å². The number of nitrogens with zero attached hydrogens (tertiary/aromatic N) is 2. The maximum Gasteiger partial charge on any atom is 0.0945 e. The van der Waals surface area contributed by atoms with Crippen LogP contribution in [-0.4, -0.2) is 27.8 Å². The molecule has 4 heteroatoms. The minimum atomic E-state index is 0.272. The van der Waals surface area contributed by atoms with Crippen LogP contribution in [0.3, 0.4) is 0 Å². The van der Waals surface area contributed by atoms with Gasteiger partial charge in [-0.05, 0) is 18.9 Å². The fraction of sp³-hybridized carbons (Fsp3) is 0.700. The third kappa shape index (κ3) is 3.47. The molecule has 0 radical (unpaired) electrons. The number of aliphatic hydroxyl groups excluding tert-OH is 1. The topological polar surface area (TPSA) is 50.1 Å². The molecular formula is C10H19N3O. The second-order valence-electron chi connectivity index (χ2n) is 3.74. The van der Waals surface area contributed by atoms with E-state index in [2.05, 4.69) is 17.2 Å². The van der Waals surface area contributed by atoms with E-state index in [0.717, 1.165) is 19.5 Å². The van der Waals surface area contributed by atoms with Gasteiger partial charge in [-0.3, -0.25) is 0 Å². The lowest BCUT2D eigenvalue weighted by atomic mass is 10.1. The number of nitrogens with one attached hydrogen (secondary N) is 1. The largest absolute Gasteiger partial charge is 0.396 e. The van der Waals surface area contributed by atoms with Crippen molar-refractivity contribution in [3.05, 3.63) is 18.2 Å². The maximum absolute atomic E-state index is 8.72. The van der Waals surface area contributed by atoms with E-state index in [1.807, 2.05) is 17.8 Å². The number of aryl methyl sites for hydroxylation is 1.